The summed E-state index contributed by atoms with van der Waals surface area (Å²) in [5, 5.41) is 11.3. The van der Waals surface area contributed by atoms with Gasteiger partial charge in [-0.15, -0.1) is 0 Å². The van der Waals surface area contributed by atoms with Crippen LogP contribution >= 0.6 is 11.8 Å². The molecule has 7 heteroatoms. The molecule has 1 aromatic heterocycles. The summed E-state index contributed by atoms with van der Waals surface area (Å²) in [4.78, 5) is 31.2. The minimum atomic E-state index is -0.520. The molecule has 0 atom stereocenters. The van der Waals surface area contributed by atoms with E-state index in [1.807, 2.05) is 19.9 Å². The van der Waals surface area contributed by atoms with Gasteiger partial charge in [0.05, 0.1) is 4.92 Å². The SMILES string of the molecule is CC(=O)c1cc([N+](=O)[O-])ccc1Sc1nc(C)cc(C)n1. The molecule has 108 valence electrons. The summed E-state index contributed by atoms with van der Waals surface area (Å²) in [6.07, 6.45) is 0. The first-order valence-corrected chi connectivity index (χ1v) is 6.98. The minimum Gasteiger partial charge on any atom is -0.294 e. The third kappa shape index (κ3) is 3.63. The Morgan fingerprint density at radius 2 is 1.81 bits per heavy atom. The van der Waals surface area contributed by atoms with E-state index in [2.05, 4.69) is 9.97 Å². The average molecular weight is 303 g/mol. The predicted octanol–water partition coefficient (Wildman–Crippen LogP) is 3.36. The fraction of sp³-hybridized carbons (Fsp3) is 0.214. The number of rotatable bonds is 4. The first kappa shape index (κ1) is 15.1. The van der Waals surface area contributed by atoms with Crippen molar-refractivity contribution >= 4 is 23.2 Å². The first-order valence-electron chi connectivity index (χ1n) is 6.16. The Balaban J connectivity index is 2.43. The summed E-state index contributed by atoms with van der Waals surface area (Å²) < 4.78 is 0. The maximum Gasteiger partial charge on any atom is 0.270 e. The van der Waals surface area contributed by atoms with Crippen LogP contribution in [-0.4, -0.2) is 20.7 Å². The van der Waals surface area contributed by atoms with Crippen molar-refractivity contribution in [1.82, 2.24) is 9.97 Å². The van der Waals surface area contributed by atoms with E-state index >= 15 is 0 Å². The van der Waals surface area contributed by atoms with E-state index in [-0.39, 0.29) is 11.5 Å². The van der Waals surface area contributed by atoms with Gasteiger partial charge in [0.2, 0.25) is 0 Å². The van der Waals surface area contributed by atoms with Crippen LogP contribution in [0.5, 0.6) is 0 Å². The molecule has 0 aliphatic rings. The Bertz CT molecular complexity index is 711. The number of aromatic nitrogens is 2. The Morgan fingerprint density at radius 1 is 1.19 bits per heavy atom. The lowest BCUT2D eigenvalue weighted by atomic mass is 10.1. The van der Waals surface area contributed by atoms with Crippen molar-refractivity contribution in [3.05, 3.63) is 51.3 Å². The second kappa shape index (κ2) is 6.01. The zero-order valence-electron chi connectivity index (χ0n) is 11.8. The summed E-state index contributed by atoms with van der Waals surface area (Å²) in [6.45, 7) is 5.10. The van der Waals surface area contributed by atoms with E-state index in [1.54, 1.807) is 6.07 Å². The molecule has 2 rings (SSSR count). The van der Waals surface area contributed by atoms with Crippen LogP contribution in [0.3, 0.4) is 0 Å². The molecule has 0 fully saturated rings. The number of nitrogens with zero attached hydrogens (tertiary/aromatic N) is 3. The topological polar surface area (TPSA) is 86.0 Å². The van der Waals surface area contributed by atoms with E-state index in [4.69, 9.17) is 0 Å². The average Bonchev–Trinajstić information content (AvgIpc) is 2.37. The van der Waals surface area contributed by atoms with Gasteiger partial charge in [-0.05, 0) is 44.7 Å². The highest BCUT2D eigenvalue weighted by atomic mass is 32.2. The van der Waals surface area contributed by atoms with Crippen LogP contribution in [0.2, 0.25) is 0 Å². The summed E-state index contributed by atoms with van der Waals surface area (Å²) in [6, 6.07) is 6.07. The Kier molecular flexibility index (Phi) is 4.32. The number of hydrogen-bond acceptors (Lipinski definition) is 6. The first-order chi connectivity index (χ1) is 9.86. The second-order valence-corrected chi connectivity index (χ2v) is 5.54. The van der Waals surface area contributed by atoms with Crippen molar-refractivity contribution in [1.29, 1.82) is 0 Å². The van der Waals surface area contributed by atoms with E-state index < -0.39 is 4.92 Å². The zero-order valence-corrected chi connectivity index (χ0v) is 12.6. The van der Waals surface area contributed by atoms with Crippen molar-refractivity contribution < 1.29 is 9.72 Å². The third-order valence-electron chi connectivity index (χ3n) is 2.72. The van der Waals surface area contributed by atoms with Crippen LogP contribution in [0.15, 0.2) is 34.3 Å². The molecule has 0 unspecified atom stereocenters. The molecule has 0 bridgehead atoms. The van der Waals surface area contributed by atoms with Crippen molar-refractivity contribution in [3.63, 3.8) is 0 Å². The number of nitro groups is 1. The molecular weight excluding hydrogens is 290 g/mol. The Labute approximate surface area is 125 Å². The van der Waals surface area contributed by atoms with E-state index in [0.717, 1.165) is 11.4 Å². The van der Waals surface area contributed by atoms with E-state index in [0.29, 0.717) is 15.6 Å². The van der Waals surface area contributed by atoms with Crippen LogP contribution in [0, 0.1) is 24.0 Å². The molecule has 0 radical (unpaired) electrons. The number of nitro benzene ring substituents is 1. The molecule has 0 aliphatic heterocycles. The lowest BCUT2D eigenvalue weighted by Gasteiger charge is -2.07. The quantitative estimate of drug-likeness (QED) is 0.372. The molecule has 1 heterocycles. The highest BCUT2D eigenvalue weighted by molar-refractivity contribution is 7.99. The Morgan fingerprint density at radius 3 is 2.33 bits per heavy atom. The number of aryl methyl sites for hydroxylation is 2. The van der Waals surface area contributed by atoms with Crippen LogP contribution < -0.4 is 0 Å². The largest absolute Gasteiger partial charge is 0.294 e. The van der Waals surface area contributed by atoms with E-state index in [1.165, 1.54) is 30.8 Å². The van der Waals surface area contributed by atoms with Crippen molar-refractivity contribution in [2.45, 2.75) is 30.8 Å². The maximum absolute atomic E-state index is 11.7. The number of hydrogen-bond donors (Lipinski definition) is 0. The summed E-state index contributed by atoms with van der Waals surface area (Å²) in [7, 11) is 0. The predicted molar refractivity (Wildman–Crippen MR) is 78.7 cm³/mol. The number of non-ortho nitro benzene ring substituents is 1. The van der Waals surface area contributed by atoms with E-state index in [9.17, 15) is 14.9 Å². The number of benzene rings is 1. The van der Waals surface area contributed by atoms with Crippen molar-refractivity contribution in [3.8, 4) is 0 Å². The molecule has 0 spiro atoms. The molecule has 0 saturated carbocycles. The normalized spacial score (nSPS) is 10.4. The van der Waals surface area contributed by atoms with Gasteiger partial charge in [0.15, 0.2) is 10.9 Å². The van der Waals surface area contributed by atoms with Crippen LogP contribution in [0.4, 0.5) is 5.69 Å². The van der Waals surface area contributed by atoms with Gasteiger partial charge >= 0.3 is 0 Å². The van der Waals surface area contributed by atoms with Crippen LogP contribution in [0.25, 0.3) is 0 Å². The third-order valence-corrected chi connectivity index (χ3v) is 3.66. The van der Waals surface area contributed by atoms with Crippen molar-refractivity contribution in [2.75, 3.05) is 0 Å². The molecule has 1 aromatic carbocycles. The van der Waals surface area contributed by atoms with Gasteiger partial charge in [0.25, 0.3) is 5.69 Å². The van der Waals surface area contributed by atoms with Gasteiger partial charge in [0.1, 0.15) is 0 Å². The smallest absolute Gasteiger partial charge is 0.270 e. The molecule has 2 aromatic rings. The highest BCUT2D eigenvalue weighted by Crippen LogP contribution is 2.31. The fourth-order valence-electron chi connectivity index (χ4n) is 1.83. The highest BCUT2D eigenvalue weighted by Gasteiger charge is 2.16. The second-order valence-electron chi connectivity index (χ2n) is 4.53. The summed E-state index contributed by atoms with van der Waals surface area (Å²) >= 11 is 1.23. The summed E-state index contributed by atoms with van der Waals surface area (Å²) in [5.41, 5.74) is 1.86. The molecule has 0 amide bonds. The maximum atomic E-state index is 11.7. The van der Waals surface area contributed by atoms with Gasteiger partial charge in [-0.25, -0.2) is 9.97 Å². The molecule has 6 nitrogen and oxygen atoms in total. The van der Waals surface area contributed by atoms with Gasteiger partial charge < -0.3 is 0 Å². The lowest BCUT2D eigenvalue weighted by Crippen LogP contribution is -1.99. The Hall–Kier alpha value is -2.28. The molecule has 0 N–H and O–H groups in total. The van der Waals surface area contributed by atoms with Gasteiger partial charge in [-0.2, -0.15) is 0 Å². The minimum absolute atomic E-state index is 0.106. The standard InChI is InChI=1S/C14H13N3O3S/c1-8-6-9(2)16-14(15-8)21-13-5-4-11(17(19)20)7-12(13)10(3)18/h4-7H,1-3H3. The van der Waals surface area contributed by atoms with Crippen LogP contribution in [-0.2, 0) is 0 Å². The monoisotopic (exact) mass is 303 g/mol. The van der Waals surface area contributed by atoms with Gasteiger partial charge in [-0.3, -0.25) is 14.9 Å². The molecule has 0 aliphatic carbocycles. The number of carbonyl (C=O) groups is 1. The lowest BCUT2D eigenvalue weighted by molar-refractivity contribution is -0.384. The van der Waals surface area contributed by atoms with Crippen molar-refractivity contribution in [2.24, 2.45) is 0 Å². The van der Waals surface area contributed by atoms with Gasteiger partial charge in [0, 0.05) is 34.0 Å². The zero-order chi connectivity index (χ0) is 15.6. The molecular formula is C14H13N3O3S. The number of carbonyl (C=O) groups excluding carboxylic acids is 1. The molecule has 0 saturated heterocycles. The summed E-state index contributed by atoms with van der Waals surface area (Å²) in [5.74, 6) is -0.231. The molecule has 21 heavy (non-hydrogen) atoms. The number of ketones is 1. The van der Waals surface area contributed by atoms with Gasteiger partial charge in [-0.1, -0.05) is 0 Å². The van der Waals surface area contributed by atoms with Crippen LogP contribution in [0.1, 0.15) is 28.7 Å². The number of Topliss-reactive ketones (excluding diaryl/α,β-unsaturated/α-hetero) is 1. The fourth-order valence-corrected chi connectivity index (χ4v) is 2.86.